The van der Waals surface area contributed by atoms with Crippen LogP contribution in [0.2, 0.25) is 0 Å². The van der Waals surface area contributed by atoms with E-state index in [9.17, 15) is 4.79 Å². The van der Waals surface area contributed by atoms with Gasteiger partial charge in [0.1, 0.15) is 5.01 Å². The molecule has 0 saturated heterocycles. The number of nitrogens with zero attached hydrogens (tertiary/aromatic N) is 1. The molecule has 0 radical (unpaired) electrons. The van der Waals surface area contributed by atoms with Gasteiger partial charge in [-0.15, -0.1) is 11.3 Å². The lowest BCUT2D eigenvalue weighted by Crippen LogP contribution is -2.54. The number of amides is 1. The van der Waals surface area contributed by atoms with Crippen molar-refractivity contribution in [2.24, 2.45) is 23.0 Å². The van der Waals surface area contributed by atoms with Crippen molar-refractivity contribution < 1.29 is 4.79 Å². The Hall–Kier alpha value is -0.940. The summed E-state index contributed by atoms with van der Waals surface area (Å²) >= 11 is 1.57. The predicted molar refractivity (Wildman–Crippen MR) is 86.9 cm³/mol. The monoisotopic (exact) mass is 309 g/mol. The van der Waals surface area contributed by atoms with Crippen LogP contribution in [0.25, 0.3) is 0 Å². The molecule has 1 heterocycles. The minimum Gasteiger partial charge on any atom is -0.344 e. The lowest BCUT2D eigenvalue weighted by molar-refractivity contribution is -0.134. The summed E-state index contributed by atoms with van der Waals surface area (Å²) in [5.41, 5.74) is 5.67. The molecule has 5 heteroatoms. The van der Waals surface area contributed by atoms with Crippen molar-refractivity contribution in [1.29, 1.82) is 0 Å². The average Bonchev–Trinajstić information content (AvgIpc) is 2.89. The zero-order valence-electron chi connectivity index (χ0n) is 13.6. The Kier molecular flexibility index (Phi) is 4.45. The molecule has 1 amide bonds. The molecule has 1 saturated carbocycles. The molecule has 21 heavy (non-hydrogen) atoms. The van der Waals surface area contributed by atoms with Crippen LogP contribution in [0.3, 0.4) is 0 Å². The lowest BCUT2D eigenvalue weighted by atomic mass is 9.61. The molecule has 4 nitrogen and oxygen atoms in total. The van der Waals surface area contributed by atoms with Gasteiger partial charge in [-0.3, -0.25) is 4.79 Å². The van der Waals surface area contributed by atoms with E-state index in [1.54, 1.807) is 17.5 Å². The van der Waals surface area contributed by atoms with Crippen LogP contribution in [0.1, 0.15) is 52.5 Å². The van der Waals surface area contributed by atoms with Gasteiger partial charge in [-0.05, 0) is 38.0 Å². The van der Waals surface area contributed by atoms with Crippen LogP contribution in [0.4, 0.5) is 0 Å². The molecule has 0 spiro atoms. The Balaban J connectivity index is 2.13. The molecular formula is C16H27N3OS. The molecule has 3 atom stereocenters. The fraction of sp³-hybridized carbons (Fsp3) is 0.750. The highest BCUT2D eigenvalue weighted by Gasteiger charge is 2.46. The van der Waals surface area contributed by atoms with Crippen molar-refractivity contribution >= 4 is 17.2 Å². The van der Waals surface area contributed by atoms with Crippen molar-refractivity contribution in [2.45, 2.75) is 59.0 Å². The molecule has 1 fully saturated rings. The first kappa shape index (κ1) is 16.4. The van der Waals surface area contributed by atoms with Crippen LogP contribution in [0, 0.1) is 17.3 Å². The number of rotatable bonds is 3. The highest BCUT2D eigenvalue weighted by atomic mass is 32.1. The molecule has 1 aliphatic carbocycles. The van der Waals surface area contributed by atoms with E-state index in [-0.39, 0.29) is 23.3 Å². The molecule has 1 aromatic rings. The van der Waals surface area contributed by atoms with Crippen LogP contribution in [-0.2, 0) is 10.3 Å². The van der Waals surface area contributed by atoms with Gasteiger partial charge in [0, 0.05) is 23.5 Å². The minimum atomic E-state index is -0.426. The van der Waals surface area contributed by atoms with Gasteiger partial charge in [-0.1, -0.05) is 20.8 Å². The quantitative estimate of drug-likeness (QED) is 0.902. The third-order valence-corrected chi connectivity index (χ3v) is 6.32. The Labute approximate surface area is 131 Å². The summed E-state index contributed by atoms with van der Waals surface area (Å²) in [6.07, 6.45) is 3.55. The minimum absolute atomic E-state index is 0.00605. The first-order valence-corrected chi connectivity index (χ1v) is 8.52. The Bertz CT molecular complexity index is 496. The first-order valence-electron chi connectivity index (χ1n) is 7.64. The van der Waals surface area contributed by atoms with Gasteiger partial charge in [0.05, 0.1) is 5.54 Å². The topological polar surface area (TPSA) is 68.0 Å². The normalized spacial score (nSPS) is 29.1. The number of hydrogen-bond acceptors (Lipinski definition) is 4. The van der Waals surface area contributed by atoms with Gasteiger partial charge in [0.25, 0.3) is 0 Å². The van der Waals surface area contributed by atoms with Gasteiger partial charge in [0.2, 0.25) is 5.91 Å². The second-order valence-electron chi connectivity index (χ2n) is 7.36. The number of carbonyl (C=O) groups excluding carboxylic acids is 1. The zero-order valence-corrected chi connectivity index (χ0v) is 14.5. The van der Waals surface area contributed by atoms with Crippen molar-refractivity contribution in [3.8, 4) is 0 Å². The molecule has 0 aromatic carbocycles. The van der Waals surface area contributed by atoms with Gasteiger partial charge in [-0.2, -0.15) is 0 Å². The molecule has 0 aliphatic heterocycles. The number of aromatic nitrogens is 1. The zero-order chi connectivity index (χ0) is 15.8. The van der Waals surface area contributed by atoms with Crippen LogP contribution >= 0.6 is 11.3 Å². The summed E-state index contributed by atoms with van der Waals surface area (Å²) < 4.78 is 0. The highest BCUT2D eigenvalue weighted by Crippen LogP contribution is 2.44. The van der Waals surface area contributed by atoms with Gasteiger partial charge in [-0.25, -0.2) is 4.98 Å². The van der Waals surface area contributed by atoms with Crippen molar-refractivity contribution in [3.63, 3.8) is 0 Å². The van der Waals surface area contributed by atoms with Crippen molar-refractivity contribution in [2.75, 3.05) is 0 Å². The first-order chi connectivity index (χ1) is 9.66. The number of nitrogens with two attached hydrogens (primary N) is 1. The van der Waals surface area contributed by atoms with Crippen LogP contribution < -0.4 is 11.1 Å². The van der Waals surface area contributed by atoms with Crippen LogP contribution in [0.5, 0.6) is 0 Å². The molecule has 1 aromatic heterocycles. The smallest absolute Gasteiger partial charge is 0.224 e. The summed E-state index contributed by atoms with van der Waals surface area (Å²) in [7, 11) is 0. The fourth-order valence-corrected chi connectivity index (χ4v) is 4.02. The van der Waals surface area contributed by atoms with Gasteiger partial charge < -0.3 is 11.1 Å². The molecule has 2 rings (SSSR count). The van der Waals surface area contributed by atoms with Crippen molar-refractivity contribution in [3.05, 3.63) is 16.6 Å². The summed E-state index contributed by atoms with van der Waals surface area (Å²) in [5.74, 6) is 0.468. The number of thiazole rings is 1. The Morgan fingerprint density at radius 2 is 2.14 bits per heavy atom. The van der Waals surface area contributed by atoms with Crippen molar-refractivity contribution in [1.82, 2.24) is 10.3 Å². The summed E-state index contributed by atoms with van der Waals surface area (Å²) in [5, 5.41) is 6.07. The molecular weight excluding hydrogens is 282 g/mol. The third kappa shape index (κ3) is 3.14. The van der Waals surface area contributed by atoms with E-state index in [0.717, 1.165) is 17.8 Å². The maximum Gasteiger partial charge on any atom is 0.224 e. The highest BCUT2D eigenvalue weighted by molar-refractivity contribution is 7.09. The van der Waals surface area contributed by atoms with Crippen LogP contribution in [0.15, 0.2) is 11.6 Å². The summed E-state index contributed by atoms with van der Waals surface area (Å²) in [6, 6.07) is 0.191. The van der Waals surface area contributed by atoms with E-state index in [2.05, 4.69) is 31.1 Å². The molecule has 1 aliphatic rings. The Morgan fingerprint density at radius 3 is 2.71 bits per heavy atom. The third-order valence-electron chi connectivity index (χ3n) is 5.22. The predicted octanol–water partition coefficient (Wildman–Crippen LogP) is 2.89. The lowest BCUT2D eigenvalue weighted by Gasteiger charge is -2.46. The Morgan fingerprint density at radius 1 is 1.48 bits per heavy atom. The van der Waals surface area contributed by atoms with E-state index in [1.165, 1.54) is 0 Å². The maximum absolute atomic E-state index is 12.8. The second-order valence-corrected chi connectivity index (χ2v) is 8.25. The largest absolute Gasteiger partial charge is 0.344 e. The van der Waals surface area contributed by atoms with E-state index in [1.807, 2.05) is 19.2 Å². The average molecular weight is 309 g/mol. The summed E-state index contributed by atoms with van der Waals surface area (Å²) in [4.78, 5) is 17.1. The SMILES string of the molecule is CC1C(N)CCC(C(=O)NC(C)(C)c2nccs2)C1(C)C. The van der Waals surface area contributed by atoms with E-state index in [0.29, 0.717) is 5.92 Å². The van der Waals surface area contributed by atoms with E-state index >= 15 is 0 Å². The summed E-state index contributed by atoms with van der Waals surface area (Å²) in [6.45, 7) is 10.5. The molecule has 118 valence electrons. The molecule has 0 bridgehead atoms. The number of nitrogens with one attached hydrogen (secondary N) is 1. The maximum atomic E-state index is 12.8. The second kappa shape index (κ2) is 5.69. The fourth-order valence-electron chi connectivity index (χ4n) is 3.30. The van der Waals surface area contributed by atoms with Gasteiger partial charge in [0.15, 0.2) is 0 Å². The number of hydrogen-bond donors (Lipinski definition) is 2. The van der Waals surface area contributed by atoms with Gasteiger partial charge >= 0.3 is 0 Å². The molecule has 3 N–H and O–H groups in total. The van der Waals surface area contributed by atoms with Crippen LogP contribution in [-0.4, -0.2) is 16.9 Å². The molecule has 3 unspecified atom stereocenters. The standard InChI is InChI=1S/C16H27N3OS/c1-10-12(17)7-6-11(15(10,2)3)13(20)19-16(4,5)14-18-8-9-21-14/h8-12H,6-7,17H2,1-5H3,(H,19,20). The van der Waals surface area contributed by atoms with E-state index in [4.69, 9.17) is 5.73 Å². The van der Waals surface area contributed by atoms with E-state index < -0.39 is 5.54 Å². The number of carbonyl (C=O) groups is 1.